The summed E-state index contributed by atoms with van der Waals surface area (Å²) in [7, 11) is 1.87. The maximum absolute atomic E-state index is 5.74. The predicted octanol–water partition coefficient (Wildman–Crippen LogP) is 1.87. The molecular weight excluding hydrogens is 238 g/mol. The van der Waals surface area contributed by atoms with Crippen molar-refractivity contribution in [2.24, 2.45) is 16.5 Å². The fourth-order valence-electron chi connectivity index (χ4n) is 1.87. The van der Waals surface area contributed by atoms with Crippen LogP contribution >= 0.6 is 0 Å². The molecule has 2 rings (SSSR count). The van der Waals surface area contributed by atoms with Crippen molar-refractivity contribution in [1.29, 1.82) is 0 Å². The Morgan fingerprint density at radius 2 is 2.11 bits per heavy atom. The summed E-state index contributed by atoms with van der Waals surface area (Å²) < 4.78 is 0. The number of nitrogens with two attached hydrogens (primary N) is 2. The van der Waals surface area contributed by atoms with Gasteiger partial charge in [0, 0.05) is 31.5 Å². The highest BCUT2D eigenvalue weighted by Crippen LogP contribution is 2.27. The molecule has 0 radical (unpaired) electrons. The van der Waals surface area contributed by atoms with Gasteiger partial charge in [-0.05, 0) is 29.3 Å². The lowest BCUT2D eigenvalue weighted by molar-refractivity contribution is 1.07. The molecule has 98 valence electrons. The normalized spacial score (nSPS) is 10.8. The first-order chi connectivity index (χ1) is 9.28. The van der Waals surface area contributed by atoms with Crippen LogP contribution in [0.4, 0.5) is 11.4 Å². The zero-order valence-corrected chi connectivity index (χ0v) is 10.8. The SMILES string of the molecule is CNc1cncc(-c2ccc(N=CN)c(CN)c2)c1. The molecule has 0 saturated heterocycles. The van der Waals surface area contributed by atoms with E-state index in [2.05, 4.69) is 15.3 Å². The third-order valence-electron chi connectivity index (χ3n) is 2.87. The van der Waals surface area contributed by atoms with Crippen LogP contribution in [-0.4, -0.2) is 18.4 Å². The summed E-state index contributed by atoms with van der Waals surface area (Å²) in [5.41, 5.74) is 15.9. The van der Waals surface area contributed by atoms with Gasteiger partial charge in [0.1, 0.15) is 0 Å². The summed E-state index contributed by atoms with van der Waals surface area (Å²) in [6, 6.07) is 7.94. The van der Waals surface area contributed by atoms with Crippen LogP contribution in [-0.2, 0) is 6.54 Å². The van der Waals surface area contributed by atoms with E-state index in [1.807, 2.05) is 37.5 Å². The topological polar surface area (TPSA) is 89.3 Å². The molecule has 0 spiro atoms. The first-order valence-electron chi connectivity index (χ1n) is 5.99. The van der Waals surface area contributed by atoms with E-state index in [0.29, 0.717) is 6.54 Å². The highest BCUT2D eigenvalue weighted by Gasteiger charge is 2.04. The van der Waals surface area contributed by atoms with Crippen molar-refractivity contribution in [3.8, 4) is 11.1 Å². The van der Waals surface area contributed by atoms with Crippen LogP contribution in [0, 0.1) is 0 Å². The number of nitrogens with zero attached hydrogens (tertiary/aromatic N) is 2. The summed E-state index contributed by atoms with van der Waals surface area (Å²) in [5.74, 6) is 0. The maximum Gasteiger partial charge on any atom is 0.0860 e. The Bertz CT molecular complexity index is 592. The highest BCUT2D eigenvalue weighted by molar-refractivity contribution is 5.71. The molecule has 1 aromatic heterocycles. The summed E-state index contributed by atoms with van der Waals surface area (Å²) in [6.45, 7) is 0.416. The van der Waals surface area contributed by atoms with Gasteiger partial charge in [-0.2, -0.15) is 0 Å². The van der Waals surface area contributed by atoms with Crippen LogP contribution in [0.15, 0.2) is 41.7 Å². The van der Waals surface area contributed by atoms with Crippen LogP contribution in [0.1, 0.15) is 5.56 Å². The van der Waals surface area contributed by atoms with Crippen molar-refractivity contribution < 1.29 is 0 Å². The number of nitrogens with one attached hydrogen (secondary N) is 1. The van der Waals surface area contributed by atoms with Gasteiger partial charge in [0.25, 0.3) is 0 Å². The fraction of sp³-hybridized carbons (Fsp3) is 0.143. The molecule has 0 aliphatic heterocycles. The van der Waals surface area contributed by atoms with Gasteiger partial charge in [0.2, 0.25) is 0 Å². The summed E-state index contributed by atoms with van der Waals surface area (Å²) in [4.78, 5) is 8.29. The second-order valence-corrected chi connectivity index (χ2v) is 4.04. The smallest absolute Gasteiger partial charge is 0.0860 e. The van der Waals surface area contributed by atoms with Crippen molar-refractivity contribution in [2.75, 3.05) is 12.4 Å². The molecule has 0 aliphatic carbocycles. The summed E-state index contributed by atoms with van der Waals surface area (Å²) in [5, 5.41) is 3.07. The van der Waals surface area contributed by atoms with E-state index >= 15 is 0 Å². The predicted molar refractivity (Wildman–Crippen MR) is 79.5 cm³/mol. The minimum Gasteiger partial charge on any atom is -0.390 e. The van der Waals surface area contributed by atoms with Crippen LogP contribution in [0.5, 0.6) is 0 Å². The minimum atomic E-state index is 0.416. The van der Waals surface area contributed by atoms with Crippen molar-refractivity contribution >= 4 is 17.7 Å². The largest absolute Gasteiger partial charge is 0.390 e. The molecule has 1 heterocycles. The van der Waals surface area contributed by atoms with Crippen LogP contribution in [0.2, 0.25) is 0 Å². The van der Waals surface area contributed by atoms with E-state index in [1.54, 1.807) is 6.20 Å². The van der Waals surface area contributed by atoms with Crippen LogP contribution in [0.25, 0.3) is 11.1 Å². The van der Waals surface area contributed by atoms with Crippen molar-refractivity contribution in [2.45, 2.75) is 6.54 Å². The Morgan fingerprint density at radius 1 is 1.26 bits per heavy atom. The van der Waals surface area contributed by atoms with E-state index in [0.717, 1.165) is 28.1 Å². The molecule has 5 nitrogen and oxygen atoms in total. The number of hydrogen-bond acceptors (Lipinski definition) is 4. The third kappa shape index (κ3) is 2.89. The van der Waals surface area contributed by atoms with Gasteiger partial charge in [-0.1, -0.05) is 6.07 Å². The van der Waals surface area contributed by atoms with Gasteiger partial charge in [-0.3, -0.25) is 4.98 Å². The maximum atomic E-state index is 5.74. The fourth-order valence-corrected chi connectivity index (χ4v) is 1.87. The van der Waals surface area contributed by atoms with Crippen molar-refractivity contribution in [3.63, 3.8) is 0 Å². The Kier molecular flexibility index (Phi) is 4.10. The number of hydrogen-bond donors (Lipinski definition) is 3. The molecule has 0 saturated carbocycles. The number of aromatic nitrogens is 1. The molecule has 5 heteroatoms. The number of benzene rings is 1. The van der Waals surface area contributed by atoms with Crippen molar-refractivity contribution in [3.05, 3.63) is 42.2 Å². The van der Waals surface area contributed by atoms with E-state index < -0.39 is 0 Å². The standard InChI is InChI=1S/C14H17N5/c1-17-13-5-12(7-18-8-13)10-2-3-14(19-9-16)11(4-10)6-15/h2-5,7-9,17H,6,15H2,1H3,(H2,16,19). The van der Waals surface area contributed by atoms with Gasteiger partial charge in [0.05, 0.1) is 17.7 Å². The average molecular weight is 255 g/mol. The minimum absolute atomic E-state index is 0.416. The van der Waals surface area contributed by atoms with Crippen molar-refractivity contribution in [1.82, 2.24) is 4.98 Å². The second-order valence-electron chi connectivity index (χ2n) is 4.04. The average Bonchev–Trinajstić information content (AvgIpc) is 2.48. The van der Waals surface area contributed by atoms with Gasteiger partial charge >= 0.3 is 0 Å². The molecular formula is C14H17N5. The number of rotatable bonds is 4. The van der Waals surface area contributed by atoms with E-state index in [9.17, 15) is 0 Å². The molecule has 0 bridgehead atoms. The monoisotopic (exact) mass is 255 g/mol. The molecule has 0 atom stereocenters. The molecule has 0 aliphatic rings. The summed E-state index contributed by atoms with van der Waals surface area (Å²) in [6.07, 6.45) is 4.88. The quantitative estimate of drug-likeness (QED) is 0.574. The molecule has 0 unspecified atom stereocenters. The molecule has 5 N–H and O–H groups in total. The van der Waals surface area contributed by atoms with E-state index in [1.165, 1.54) is 6.34 Å². The number of anilines is 1. The second kappa shape index (κ2) is 5.97. The molecule has 0 amide bonds. The number of pyridine rings is 1. The van der Waals surface area contributed by atoms with Gasteiger partial charge in [-0.25, -0.2) is 4.99 Å². The lowest BCUT2D eigenvalue weighted by atomic mass is 10.0. The molecule has 0 fully saturated rings. The Labute approximate surface area is 112 Å². The lowest BCUT2D eigenvalue weighted by Crippen LogP contribution is -1.98. The first-order valence-corrected chi connectivity index (χ1v) is 5.99. The van der Waals surface area contributed by atoms with Crippen LogP contribution in [0.3, 0.4) is 0 Å². The highest BCUT2D eigenvalue weighted by atomic mass is 14.8. The molecule has 1 aromatic carbocycles. The van der Waals surface area contributed by atoms with E-state index in [-0.39, 0.29) is 0 Å². The lowest BCUT2D eigenvalue weighted by Gasteiger charge is -2.08. The molecule has 19 heavy (non-hydrogen) atoms. The third-order valence-corrected chi connectivity index (χ3v) is 2.87. The van der Waals surface area contributed by atoms with Gasteiger partial charge in [0.15, 0.2) is 0 Å². The van der Waals surface area contributed by atoms with Gasteiger partial charge in [-0.15, -0.1) is 0 Å². The van der Waals surface area contributed by atoms with E-state index in [4.69, 9.17) is 11.5 Å². The Morgan fingerprint density at radius 3 is 2.79 bits per heavy atom. The molecule has 2 aromatic rings. The zero-order chi connectivity index (χ0) is 13.7. The zero-order valence-electron chi connectivity index (χ0n) is 10.8. The van der Waals surface area contributed by atoms with Gasteiger partial charge < -0.3 is 16.8 Å². The Hall–Kier alpha value is -2.40. The Balaban J connectivity index is 2.45. The number of aliphatic imine (C=N–C) groups is 1. The summed E-state index contributed by atoms with van der Waals surface area (Å²) >= 11 is 0. The first kappa shape index (κ1) is 13.0. The van der Waals surface area contributed by atoms with Crippen LogP contribution < -0.4 is 16.8 Å².